The summed E-state index contributed by atoms with van der Waals surface area (Å²) >= 11 is 1.39. The van der Waals surface area contributed by atoms with Crippen LogP contribution in [0.25, 0.3) is 0 Å². The number of hydrogen-bond donors (Lipinski definition) is 1. The molecule has 2 aromatic carbocycles. The second-order valence-electron chi connectivity index (χ2n) is 7.00. The molecule has 0 unspecified atom stereocenters. The molecule has 1 amide bonds. The first-order valence-corrected chi connectivity index (χ1v) is 10.4. The van der Waals surface area contributed by atoms with Gasteiger partial charge in [0.15, 0.2) is 5.13 Å². The number of thiazole rings is 1. The Labute approximate surface area is 182 Å². The summed E-state index contributed by atoms with van der Waals surface area (Å²) in [7, 11) is 0. The highest BCUT2D eigenvalue weighted by Gasteiger charge is 2.12. The van der Waals surface area contributed by atoms with Gasteiger partial charge in [-0.25, -0.2) is 9.37 Å². The second kappa shape index (κ2) is 9.09. The second-order valence-corrected chi connectivity index (χ2v) is 8.12. The first kappa shape index (κ1) is 20.7. The lowest BCUT2D eigenvalue weighted by Gasteiger charge is -2.07. The molecule has 0 aliphatic carbocycles. The van der Waals surface area contributed by atoms with E-state index < -0.39 is 0 Å². The zero-order valence-electron chi connectivity index (χ0n) is 17.0. The molecule has 8 heteroatoms. The quantitative estimate of drug-likeness (QED) is 0.424. The molecule has 0 aliphatic heterocycles. The van der Waals surface area contributed by atoms with E-state index in [0.29, 0.717) is 29.5 Å². The Balaban J connectivity index is 1.33. The van der Waals surface area contributed by atoms with Gasteiger partial charge in [0.2, 0.25) is 0 Å². The number of carbonyl (C=O) groups excluding carboxylic acids is 1. The van der Waals surface area contributed by atoms with Crippen molar-refractivity contribution in [2.75, 3.05) is 5.32 Å². The highest BCUT2D eigenvalue weighted by Crippen LogP contribution is 2.23. The number of aromatic nitrogens is 2. The highest BCUT2D eigenvalue weighted by molar-refractivity contribution is 7.15. The number of hydrogen-bond acceptors (Lipinski definition) is 6. The van der Waals surface area contributed by atoms with Crippen LogP contribution in [0.1, 0.15) is 37.8 Å². The summed E-state index contributed by atoms with van der Waals surface area (Å²) in [6.07, 6.45) is 2.35. The van der Waals surface area contributed by atoms with Crippen LogP contribution in [0.15, 0.2) is 59.3 Å². The SMILES string of the molecule is Cc1noc(C)c1COc1ccc(C(=O)Nc2ncc(Cc3ccc(F)cc3)s2)cc1. The van der Waals surface area contributed by atoms with Gasteiger partial charge in [0.25, 0.3) is 5.91 Å². The molecule has 1 N–H and O–H groups in total. The van der Waals surface area contributed by atoms with Crippen LogP contribution < -0.4 is 10.1 Å². The fraction of sp³-hybridized carbons (Fsp3) is 0.174. The van der Waals surface area contributed by atoms with E-state index in [1.165, 1.54) is 23.5 Å². The maximum Gasteiger partial charge on any atom is 0.257 e. The van der Waals surface area contributed by atoms with E-state index in [0.717, 1.165) is 27.5 Å². The Morgan fingerprint density at radius 1 is 1.13 bits per heavy atom. The maximum atomic E-state index is 13.0. The van der Waals surface area contributed by atoms with Gasteiger partial charge in [-0.2, -0.15) is 0 Å². The zero-order valence-corrected chi connectivity index (χ0v) is 17.8. The van der Waals surface area contributed by atoms with Crippen LogP contribution in [0, 0.1) is 19.7 Å². The maximum absolute atomic E-state index is 13.0. The molecule has 0 aliphatic rings. The minimum atomic E-state index is -0.263. The molecule has 158 valence electrons. The predicted octanol–water partition coefficient (Wildman–Crippen LogP) is 5.31. The molecule has 0 spiro atoms. The van der Waals surface area contributed by atoms with E-state index in [4.69, 9.17) is 9.26 Å². The lowest BCUT2D eigenvalue weighted by Crippen LogP contribution is -2.11. The van der Waals surface area contributed by atoms with Gasteiger partial charge in [-0.15, -0.1) is 11.3 Å². The number of halogens is 1. The van der Waals surface area contributed by atoms with Gasteiger partial charge >= 0.3 is 0 Å². The lowest BCUT2D eigenvalue weighted by atomic mass is 10.1. The van der Waals surface area contributed by atoms with E-state index in [-0.39, 0.29) is 11.7 Å². The van der Waals surface area contributed by atoms with Crippen LogP contribution in [-0.4, -0.2) is 16.0 Å². The van der Waals surface area contributed by atoms with Crippen molar-refractivity contribution in [3.8, 4) is 5.75 Å². The number of ether oxygens (including phenoxy) is 1. The van der Waals surface area contributed by atoms with Crippen molar-refractivity contribution < 1.29 is 18.4 Å². The van der Waals surface area contributed by atoms with Crippen LogP contribution in [0.3, 0.4) is 0 Å². The Kier molecular flexibility index (Phi) is 6.08. The minimum absolute atomic E-state index is 0.250. The molecule has 0 fully saturated rings. The molecule has 4 aromatic rings. The van der Waals surface area contributed by atoms with E-state index >= 15 is 0 Å². The largest absolute Gasteiger partial charge is 0.489 e. The summed E-state index contributed by atoms with van der Waals surface area (Å²) in [5, 5.41) is 7.23. The molecule has 0 atom stereocenters. The van der Waals surface area contributed by atoms with Gasteiger partial charge in [-0.1, -0.05) is 17.3 Å². The molecule has 2 heterocycles. The standard InChI is InChI=1S/C23H20FN3O3S/c1-14-21(15(2)30-27-14)13-29-19-9-5-17(6-10-19)22(28)26-23-25-12-20(31-23)11-16-3-7-18(24)8-4-16/h3-10,12H,11,13H2,1-2H3,(H,25,26,28). The number of carbonyl (C=O) groups is 1. The van der Waals surface area contributed by atoms with Gasteiger partial charge in [-0.05, 0) is 55.8 Å². The van der Waals surface area contributed by atoms with Crippen molar-refractivity contribution in [1.82, 2.24) is 10.1 Å². The number of anilines is 1. The number of rotatable bonds is 7. The van der Waals surface area contributed by atoms with Crippen LogP contribution in [-0.2, 0) is 13.0 Å². The molecular weight excluding hydrogens is 417 g/mol. The third-order valence-corrected chi connectivity index (χ3v) is 5.66. The number of nitrogens with zero attached hydrogens (tertiary/aromatic N) is 2. The normalized spacial score (nSPS) is 10.8. The Morgan fingerprint density at radius 2 is 1.87 bits per heavy atom. The monoisotopic (exact) mass is 437 g/mol. The summed E-state index contributed by atoms with van der Waals surface area (Å²) in [5.41, 5.74) is 3.20. The molecule has 0 radical (unpaired) electrons. The van der Waals surface area contributed by atoms with Gasteiger partial charge < -0.3 is 9.26 Å². The smallest absolute Gasteiger partial charge is 0.257 e. The van der Waals surface area contributed by atoms with E-state index in [1.54, 1.807) is 42.6 Å². The molecule has 31 heavy (non-hydrogen) atoms. The van der Waals surface area contributed by atoms with Crippen molar-refractivity contribution >= 4 is 22.4 Å². The summed E-state index contributed by atoms with van der Waals surface area (Å²) in [5.74, 6) is 0.865. The lowest BCUT2D eigenvalue weighted by molar-refractivity contribution is 0.102. The molecule has 0 saturated heterocycles. The van der Waals surface area contributed by atoms with Crippen LogP contribution in [0.2, 0.25) is 0 Å². The highest BCUT2D eigenvalue weighted by atomic mass is 32.1. The first-order valence-electron chi connectivity index (χ1n) is 9.63. The van der Waals surface area contributed by atoms with Gasteiger partial charge in [0.05, 0.1) is 11.3 Å². The molecular formula is C23H20FN3O3S. The first-order chi connectivity index (χ1) is 15.0. The summed E-state index contributed by atoms with van der Waals surface area (Å²) < 4.78 is 23.9. The Morgan fingerprint density at radius 3 is 2.55 bits per heavy atom. The summed E-state index contributed by atoms with van der Waals surface area (Å²) in [6.45, 7) is 4.06. The van der Waals surface area contributed by atoms with Crippen molar-refractivity contribution in [3.63, 3.8) is 0 Å². The van der Waals surface area contributed by atoms with E-state index in [1.807, 2.05) is 13.8 Å². The number of benzene rings is 2. The van der Waals surface area contributed by atoms with Crippen molar-refractivity contribution in [1.29, 1.82) is 0 Å². The van der Waals surface area contributed by atoms with E-state index in [2.05, 4.69) is 15.5 Å². The average Bonchev–Trinajstić information content (AvgIpc) is 3.34. The molecule has 0 bridgehead atoms. The molecule has 0 saturated carbocycles. The van der Waals surface area contributed by atoms with Crippen LogP contribution >= 0.6 is 11.3 Å². The third kappa shape index (κ3) is 5.16. The van der Waals surface area contributed by atoms with Crippen LogP contribution in [0.5, 0.6) is 5.75 Å². The molecule has 2 aromatic heterocycles. The van der Waals surface area contributed by atoms with Gasteiger partial charge in [0, 0.05) is 23.1 Å². The number of amides is 1. The number of aryl methyl sites for hydroxylation is 2. The summed E-state index contributed by atoms with van der Waals surface area (Å²) in [4.78, 5) is 17.8. The average molecular weight is 437 g/mol. The number of nitrogens with one attached hydrogen (secondary N) is 1. The molecule has 6 nitrogen and oxygen atoms in total. The van der Waals surface area contributed by atoms with Crippen molar-refractivity contribution in [2.45, 2.75) is 26.9 Å². The Hall–Kier alpha value is -3.52. The minimum Gasteiger partial charge on any atom is -0.489 e. The topological polar surface area (TPSA) is 77.2 Å². The van der Waals surface area contributed by atoms with Gasteiger partial charge in [-0.3, -0.25) is 10.1 Å². The summed E-state index contributed by atoms with van der Waals surface area (Å²) in [6, 6.07) is 13.2. The van der Waals surface area contributed by atoms with E-state index in [9.17, 15) is 9.18 Å². The van der Waals surface area contributed by atoms with Crippen molar-refractivity contribution in [2.24, 2.45) is 0 Å². The predicted molar refractivity (Wildman–Crippen MR) is 116 cm³/mol. The zero-order chi connectivity index (χ0) is 21.8. The van der Waals surface area contributed by atoms with Crippen molar-refractivity contribution in [3.05, 3.63) is 93.6 Å². The third-order valence-electron chi connectivity index (χ3n) is 4.75. The fourth-order valence-electron chi connectivity index (χ4n) is 2.99. The van der Waals surface area contributed by atoms with Crippen LogP contribution in [0.4, 0.5) is 9.52 Å². The van der Waals surface area contributed by atoms with Gasteiger partial charge in [0.1, 0.15) is 23.9 Å². The fourth-order valence-corrected chi connectivity index (χ4v) is 3.83. The molecule has 4 rings (SSSR count). The Bertz CT molecular complexity index is 1160.